The van der Waals surface area contributed by atoms with Gasteiger partial charge in [-0.3, -0.25) is 0 Å². The Balaban J connectivity index is 1.20. The van der Waals surface area contributed by atoms with E-state index in [4.69, 9.17) is 0 Å². The van der Waals surface area contributed by atoms with Crippen molar-refractivity contribution in [3.05, 3.63) is 230 Å². The average molecular weight is 876 g/mol. The molecule has 5 nitrogen and oxygen atoms in total. The minimum atomic E-state index is -0.721. The fraction of sp³-hybridized carbons (Fsp3) is 0. The van der Waals surface area contributed by atoms with Gasteiger partial charge < -0.3 is 18.3 Å². The van der Waals surface area contributed by atoms with Crippen molar-refractivity contribution < 1.29 is 8.78 Å². The molecule has 0 unspecified atom stereocenters. The van der Waals surface area contributed by atoms with Gasteiger partial charge >= 0.3 is 0 Å². The first kappa shape index (κ1) is 38.1. The highest BCUT2D eigenvalue weighted by Crippen LogP contribution is 2.48. The lowest BCUT2D eigenvalue weighted by Gasteiger charge is -2.21. The van der Waals surface area contributed by atoms with Crippen molar-refractivity contribution in [1.82, 2.24) is 18.3 Å². The lowest BCUT2D eigenvalue weighted by Crippen LogP contribution is -2.08. The first-order valence-corrected chi connectivity index (χ1v) is 22.6. The molecule has 14 rings (SSSR count). The fourth-order valence-electron chi connectivity index (χ4n) is 11.3. The van der Waals surface area contributed by atoms with E-state index in [1.54, 1.807) is 6.07 Å². The molecule has 0 aliphatic carbocycles. The lowest BCUT2D eigenvalue weighted by molar-refractivity contribution is 0.589. The molecule has 0 fully saturated rings. The number of rotatable bonds is 5. The minimum Gasteiger partial charge on any atom is -0.309 e. The van der Waals surface area contributed by atoms with E-state index in [1.165, 1.54) is 18.2 Å². The van der Waals surface area contributed by atoms with Gasteiger partial charge in [0.2, 0.25) is 0 Å². The maximum absolute atomic E-state index is 16.6. The molecule has 0 aliphatic rings. The minimum absolute atomic E-state index is 0.203. The molecule has 4 aromatic heterocycles. The molecule has 0 N–H and O–H groups in total. The topological polar surface area (TPSA) is 43.5 Å². The molecule has 0 amide bonds. The molecule has 0 aliphatic heterocycles. The van der Waals surface area contributed by atoms with Crippen molar-refractivity contribution in [3.8, 4) is 39.9 Å². The number of benzene rings is 10. The van der Waals surface area contributed by atoms with E-state index in [1.807, 2.05) is 84.9 Å². The molecule has 0 radical (unpaired) electrons. The van der Waals surface area contributed by atoms with Crippen molar-refractivity contribution in [3.63, 3.8) is 0 Å². The van der Waals surface area contributed by atoms with Crippen LogP contribution in [0.4, 0.5) is 8.78 Å². The van der Waals surface area contributed by atoms with Crippen LogP contribution in [0.15, 0.2) is 212 Å². The highest BCUT2D eigenvalue weighted by Gasteiger charge is 2.29. The predicted octanol–water partition coefficient (Wildman–Crippen LogP) is 15.9. The van der Waals surface area contributed by atoms with E-state index in [-0.39, 0.29) is 16.7 Å². The monoisotopic (exact) mass is 875 g/mol. The van der Waals surface area contributed by atoms with Gasteiger partial charge in [-0.1, -0.05) is 127 Å². The molecule has 0 bridgehead atoms. The van der Waals surface area contributed by atoms with Gasteiger partial charge in [-0.25, -0.2) is 8.78 Å². The largest absolute Gasteiger partial charge is 0.309 e. The highest BCUT2D eigenvalue weighted by atomic mass is 19.1. The average Bonchev–Trinajstić information content (AvgIpc) is 4.11. The van der Waals surface area contributed by atoms with Crippen molar-refractivity contribution >= 4 is 87.2 Å². The SMILES string of the molecule is N#Cc1c(-n2c3ccccc3c3ccc4c(c5ccccc5n4-c4ccccc4)c32)ccc(-c2c(F)cccc2F)c1-n1c2ccccc2c2ccc3c(c4ccccc4n3-c3ccccc3)c21. The van der Waals surface area contributed by atoms with Crippen LogP contribution in [0.5, 0.6) is 0 Å². The van der Waals surface area contributed by atoms with Crippen molar-refractivity contribution in [2.24, 2.45) is 0 Å². The first-order valence-electron chi connectivity index (χ1n) is 22.6. The molecule has 0 atom stereocenters. The van der Waals surface area contributed by atoms with Crippen LogP contribution in [-0.2, 0) is 0 Å². The molecule has 0 spiro atoms. The van der Waals surface area contributed by atoms with Crippen LogP contribution < -0.4 is 0 Å². The van der Waals surface area contributed by atoms with Crippen LogP contribution in [0.1, 0.15) is 5.56 Å². The summed E-state index contributed by atoms with van der Waals surface area (Å²) in [5.74, 6) is -1.44. The zero-order chi connectivity index (χ0) is 45.2. The van der Waals surface area contributed by atoms with Crippen LogP contribution in [0.2, 0.25) is 0 Å². The van der Waals surface area contributed by atoms with Gasteiger partial charge in [-0.05, 0) is 84.9 Å². The molecular weight excluding hydrogens is 841 g/mol. The van der Waals surface area contributed by atoms with Gasteiger partial charge in [0.15, 0.2) is 0 Å². The van der Waals surface area contributed by atoms with Crippen molar-refractivity contribution in [1.29, 1.82) is 5.26 Å². The molecule has 14 aromatic rings. The maximum Gasteiger partial charge on any atom is 0.134 e. The summed E-state index contributed by atoms with van der Waals surface area (Å²) in [7, 11) is 0. The summed E-state index contributed by atoms with van der Waals surface area (Å²) in [5, 5.41) is 20.0. The molecule has 4 heterocycles. The van der Waals surface area contributed by atoms with E-state index in [0.29, 0.717) is 11.4 Å². The summed E-state index contributed by atoms with van der Waals surface area (Å²) in [4.78, 5) is 0. The highest BCUT2D eigenvalue weighted by molar-refractivity contribution is 6.28. The number of hydrogen-bond acceptors (Lipinski definition) is 1. The van der Waals surface area contributed by atoms with Crippen LogP contribution in [0, 0.1) is 23.0 Å². The van der Waals surface area contributed by atoms with Gasteiger partial charge in [0.25, 0.3) is 0 Å². The Kier molecular flexibility index (Phi) is 8.05. The first-order chi connectivity index (χ1) is 33.6. The van der Waals surface area contributed by atoms with E-state index in [2.05, 4.69) is 127 Å². The second-order valence-corrected chi connectivity index (χ2v) is 17.4. The number of nitriles is 1. The molecule has 7 heteroatoms. The van der Waals surface area contributed by atoms with E-state index in [9.17, 15) is 5.26 Å². The Hall–Kier alpha value is -9.25. The summed E-state index contributed by atoms with van der Waals surface area (Å²) < 4.78 is 42.0. The van der Waals surface area contributed by atoms with E-state index >= 15 is 8.78 Å². The molecule has 0 saturated heterocycles. The molecule has 68 heavy (non-hydrogen) atoms. The third kappa shape index (κ3) is 5.11. The Morgan fingerprint density at radius 3 is 1.26 bits per heavy atom. The number of para-hydroxylation sites is 6. The Bertz CT molecular complexity index is 4450. The molecule has 318 valence electrons. The summed E-state index contributed by atoms with van der Waals surface area (Å²) in [6, 6.07) is 72.8. The van der Waals surface area contributed by atoms with E-state index in [0.717, 1.165) is 98.6 Å². The van der Waals surface area contributed by atoms with Gasteiger partial charge in [0.1, 0.15) is 23.3 Å². The third-order valence-corrected chi connectivity index (χ3v) is 13.9. The maximum atomic E-state index is 16.6. The van der Waals surface area contributed by atoms with Crippen LogP contribution in [-0.4, -0.2) is 18.3 Å². The third-order valence-electron chi connectivity index (χ3n) is 13.9. The van der Waals surface area contributed by atoms with Crippen molar-refractivity contribution in [2.45, 2.75) is 0 Å². The second-order valence-electron chi connectivity index (χ2n) is 17.4. The molecule has 0 saturated carbocycles. The Morgan fingerprint density at radius 2 is 0.765 bits per heavy atom. The summed E-state index contributed by atoms with van der Waals surface area (Å²) in [6.45, 7) is 0. The fourth-order valence-corrected chi connectivity index (χ4v) is 11.3. The quantitative estimate of drug-likeness (QED) is 0.170. The number of halogens is 2. The number of aromatic nitrogens is 4. The van der Waals surface area contributed by atoms with Gasteiger partial charge in [0, 0.05) is 60.0 Å². The summed E-state index contributed by atoms with van der Waals surface area (Å²) in [6.07, 6.45) is 0. The van der Waals surface area contributed by atoms with Gasteiger partial charge in [-0.15, -0.1) is 0 Å². The Morgan fingerprint density at radius 1 is 0.338 bits per heavy atom. The summed E-state index contributed by atoms with van der Waals surface area (Å²) >= 11 is 0. The number of nitrogens with zero attached hydrogens (tertiary/aromatic N) is 5. The van der Waals surface area contributed by atoms with Gasteiger partial charge in [-0.2, -0.15) is 5.26 Å². The predicted molar refractivity (Wildman–Crippen MR) is 274 cm³/mol. The van der Waals surface area contributed by atoms with Crippen LogP contribution in [0.3, 0.4) is 0 Å². The van der Waals surface area contributed by atoms with Gasteiger partial charge in [0.05, 0.1) is 61.1 Å². The van der Waals surface area contributed by atoms with Crippen LogP contribution >= 0.6 is 0 Å². The van der Waals surface area contributed by atoms with E-state index < -0.39 is 11.6 Å². The standard InChI is InChI=1S/C61H35F2N5/c62-47-24-15-25-48(63)56(47)45-32-33-53(67-49-26-11-7-20-39(49)41-30-34-54-57(60(41)67)43-22-9-13-28-51(43)65(54)37-16-3-1-4-17-37)46(36-64)59(45)68-50-27-12-8-21-40(50)42-31-35-55-58(61(42)68)44-23-10-14-29-52(44)66(55)38-18-5-2-6-19-38/h1-35H. The molecular formula is C61H35F2N5. The number of hydrogen-bond donors (Lipinski definition) is 0. The second kappa shape index (κ2) is 14.4. The van der Waals surface area contributed by atoms with Crippen molar-refractivity contribution in [2.75, 3.05) is 0 Å². The summed E-state index contributed by atoms with van der Waals surface area (Å²) in [5.41, 5.74) is 10.8. The Labute approximate surface area is 387 Å². The van der Waals surface area contributed by atoms with Crippen LogP contribution in [0.25, 0.3) is 121 Å². The zero-order valence-electron chi connectivity index (χ0n) is 36.2. The molecule has 10 aromatic carbocycles. The zero-order valence-corrected chi connectivity index (χ0v) is 36.2. The lowest BCUT2D eigenvalue weighted by atomic mass is 9.97. The smallest absolute Gasteiger partial charge is 0.134 e. The number of fused-ring (bicyclic) bond motifs is 14. The normalized spacial score (nSPS) is 12.0.